The summed E-state index contributed by atoms with van der Waals surface area (Å²) in [4.78, 5) is 18.7. The van der Waals surface area contributed by atoms with E-state index >= 15 is 0 Å². The van der Waals surface area contributed by atoms with Crippen LogP contribution in [-0.4, -0.2) is 32.6 Å². The molecule has 1 aliphatic rings. The van der Waals surface area contributed by atoms with E-state index in [4.69, 9.17) is 0 Å². The van der Waals surface area contributed by atoms with E-state index in [0.717, 1.165) is 19.3 Å². The quantitative estimate of drug-likeness (QED) is 0.660. The molecule has 7 heteroatoms. The van der Waals surface area contributed by atoms with E-state index in [1.54, 1.807) is 6.07 Å². The zero-order valence-corrected chi connectivity index (χ0v) is 11.4. The fraction of sp³-hybridized carbons (Fsp3) is 0.429. The molecule has 1 aliphatic carbocycles. The van der Waals surface area contributed by atoms with Crippen LogP contribution in [0, 0.1) is 16.0 Å². The smallest absolute Gasteiger partial charge is 0.270 e. The Hall–Kier alpha value is -2.28. The van der Waals surface area contributed by atoms with E-state index in [1.807, 2.05) is 0 Å². The van der Waals surface area contributed by atoms with Crippen molar-refractivity contribution in [1.29, 1.82) is 0 Å². The first-order valence-electron chi connectivity index (χ1n) is 6.96. The number of aliphatic hydroxyl groups excluding tert-OH is 1. The molecule has 21 heavy (non-hydrogen) atoms. The Bertz CT molecular complexity index is 676. The van der Waals surface area contributed by atoms with Crippen LogP contribution < -0.4 is 5.32 Å². The summed E-state index contributed by atoms with van der Waals surface area (Å²) in [5.74, 6) is 0.775. The van der Waals surface area contributed by atoms with Crippen LogP contribution >= 0.6 is 0 Å². The molecule has 2 atom stereocenters. The number of hydrogen-bond acceptors (Lipinski definition) is 6. The monoisotopic (exact) mass is 288 g/mol. The van der Waals surface area contributed by atoms with Gasteiger partial charge in [-0.2, -0.15) is 0 Å². The van der Waals surface area contributed by atoms with Crippen LogP contribution in [0.2, 0.25) is 0 Å². The number of aliphatic hydroxyl groups is 1. The maximum absolute atomic E-state index is 10.9. The molecule has 0 aliphatic heterocycles. The third-order valence-corrected chi connectivity index (χ3v) is 3.98. The molecule has 0 saturated heterocycles. The SMILES string of the molecule is O=[N+]([O-])c1ccc2ncnc(NCC3CCCC3O)c2c1. The van der Waals surface area contributed by atoms with Crippen LogP contribution in [0.1, 0.15) is 19.3 Å². The second kappa shape index (κ2) is 5.61. The topological polar surface area (TPSA) is 101 Å². The number of non-ortho nitro benzene ring substituents is 1. The van der Waals surface area contributed by atoms with Crippen molar-refractivity contribution < 1.29 is 10.0 Å². The van der Waals surface area contributed by atoms with Gasteiger partial charge in [-0.15, -0.1) is 0 Å². The van der Waals surface area contributed by atoms with Gasteiger partial charge in [-0.1, -0.05) is 6.42 Å². The van der Waals surface area contributed by atoms with Crippen LogP contribution in [0.5, 0.6) is 0 Å². The summed E-state index contributed by atoms with van der Waals surface area (Å²) in [5, 5.41) is 24.5. The van der Waals surface area contributed by atoms with Gasteiger partial charge < -0.3 is 10.4 Å². The molecule has 110 valence electrons. The molecule has 1 heterocycles. The summed E-state index contributed by atoms with van der Waals surface area (Å²) < 4.78 is 0. The van der Waals surface area contributed by atoms with Crippen LogP contribution in [0.25, 0.3) is 10.9 Å². The van der Waals surface area contributed by atoms with Crippen molar-refractivity contribution in [2.24, 2.45) is 5.92 Å². The molecule has 1 saturated carbocycles. The molecular weight excluding hydrogens is 272 g/mol. The summed E-state index contributed by atoms with van der Waals surface area (Å²) in [6.07, 6.45) is 4.00. The lowest BCUT2D eigenvalue weighted by molar-refractivity contribution is -0.384. The minimum Gasteiger partial charge on any atom is -0.393 e. The van der Waals surface area contributed by atoms with Gasteiger partial charge in [-0.3, -0.25) is 10.1 Å². The van der Waals surface area contributed by atoms with Gasteiger partial charge in [-0.25, -0.2) is 9.97 Å². The molecule has 2 unspecified atom stereocenters. The summed E-state index contributed by atoms with van der Waals surface area (Å²) in [5.41, 5.74) is 0.673. The lowest BCUT2D eigenvalue weighted by atomic mass is 10.1. The number of benzene rings is 1. The molecule has 7 nitrogen and oxygen atoms in total. The molecule has 0 bridgehead atoms. The second-order valence-corrected chi connectivity index (χ2v) is 5.32. The zero-order chi connectivity index (χ0) is 14.8. The highest BCUT2D eigenvalue weighted by atomic mass is 16.6. The Balaban J connectivity index is 1.86. The van der Waals surface area contributed by atoms with E-state index < -0.39 is 4.92 Å². The Labute approximate surface area is 121 Å². The van der Waals surface area contributed by atoms with E-state index in [0.29, 0.717) is 23.3 Å². The van der Waals surface area contributed by atoms with Crippen LogP contribution in [-0.2, 0) is 0 Å². The highest BCUT2D eigenvalue weighted by Gasteiger charge is 2.25. The number of fused-ring (bicyclic) bond motifs is 1. The molecular formula is C14H16N4O3. The number of hydrogen-bond donors (Lipinski definition) is 2. The summed E-state index contributed by atoms with van der Waals surface area (Å²) in [6, 6.07) is 4.52. The Morgan fingerprint density at radius 1 is 1.38 bits per heavy atom. The third kappa shape index (κ3) is 2.78. The molecule has 1 fully saturated rings. The molecule has 0 radical (unpaired) electrons. The Kier molecular flexibility index (Phi) is 3.66. The maximum atomic E-state index is 10.9. The van der Waals surface area contributed by atoms with Gasteiger partial charge in [0, 0.05) is 30.0 Å². The van der Waals surface area contributed by atoms with Gasteiger partial charge >= 0.3 is 0 Å². The number of nitrogens with one attached hydrogen (secondary N) is 1. The molecule has 2 aromatic rings. The molecule has 2 N–H and O–H groups in total. The first-order chi connectivity index (χ1) is 10.1. The van der Waals surface area contributed by atoms with E-state index in [1.165, 1.54) is 18.5 Å². The van der Waals surface area contributed by atoms with Crippen molar-refractivity contribution >= 4 is 22.4 Å². The fourth-order valence-electron chi connectivity index (χ4n) is 2.78. The first-order valence-corrected chi connectivity index (χ1v) is 6.96. The predicted octanol–water partition coefficient (Wildman–Crippen LogP) is 2.11. The second-order valence-electron chi connectivity index (χ2n) is 5.32. The minimum absolute atomic E-state index is 0.0150. The lowest BCUT2D eigenvalue weighted by Gasteiger charge is -2.16. The fourth-order valence-corrected chi connectivity index (χ4v) is 2.78. The Morgan fingerprint density at radius 3 is 2.95 bits per heavy atom. The largest absolute Gasteiger partial charge is 0.393 e. The van der Waals surface area contributed by atoms with Gasteiger partial charge in [0.15, 0.2) is 0 Å². The van der Waals surface area contributed by atoms with Gasteiger partial charge in [-0.05, 0) is 18.9 Å². The van der Waals surface area contributed by atoms with Crippen LogP contribution in [0.4, 0.5) is 11.5 Å². The number of nitrogens with zero attached hydrogens (tertiary/aromatic N) is 3. The van der Waals surface area contributed by atoms with E-state index in [-0.39, 0.29) is 17.7 Å². The zero-order valence-electron chi connectivity index (χ0n) is 11.4. The van der Waals surface area contributed by atoms with E-state index in [2.05, 4.69) is 15.3 Å². The number of rotatable bonds is 4. The highest BCUT2D eigenvalue weighted by molar-refractivity contribution is 5.90. The molecule has 0 spiro atoms. The summed E-state index contributed by atoms with van der Waals surface area (Å²) >= 11 is 0. The number of nitro benzene ring substituents is 1. The molecule has 3 rings (SSSR count). The van der Waals surface area contributed by atoms with Crippen molar-refractivity contribution in [1.82, 2.24) is 9.97 Å². The van der Waals surface area contributed by atoms with Crippen molar-refractivity contribution in [3.8, 4) is 0 Å². The van der Waals surface area contributed by atoms with Crippen molar-refractivity contribution in [3.05, 3.63) is 34.6 Å². The van der Waals surface area contributed by atoms with Crippen LogP contribution in [0.3, 0.4) is 0 Å². The van der Waals surface area contributed by atoms with Gasteiger partial charge in [0.2, 0.25) is 0 Å². The van der Waals surface area contributed by atoms with Gasteiger partial charge in [0.1, 0.15) is 12.1 Å². The van der Waals surface area contributed by atoms with Crippen molar-refractivity contribution in [3.63, 3.8) is 0 Å². The summed E-state index contributed by atoms with van der Waals surface area (Å²) in [7, 11) is 0. The van der Waals surface area contributed by atoms with Crippen molar-refractivity contribution in [2.45, 2.75) is 25.4 Å². The molecule has 0 amide bonds. The third-order valence-electron chi connectivity index (χ3n) is 3.98. The number of anilines is 1. The molecule has 1 aromatic heterocycles. The average Bonchev–Trinajstić information content (AvgIpc) is 2.89. The number of aromatic nitrogens is 2. The lowest BCUT2D eigenvalue weighted by Crippen LogP contribution is -2.22. The van der Waals surface area contributed by atoms with Crippen LogP contribution in [0.15, 0.2) is 24.5 Å². The minimum atomic E-state index is -0.434. The first kappa shape index (κ1) is 13.7. The van der Waals surface area contributed by atoms with Crippen molar-refractivity contribution in [2.75, 3.05) is 11.9 Å². The Morgan fingerprint density at radius 2 is 2.24 bits per heavy atom. The van der Waals surface area contributed by atoms with E-state index in [9.17, 15) is 15.2 Å². The standard InChI is InChI=1S/C14H16N4O3/c19-13-3-1-2-9(13)7-15-14-11-6-10(18(20)21)4-5-12(11)16-8-17-14/h4-6,8-9,13,19H,1-3,7H2,(H,15,16,17). The maximum Gasteiger partial charge on any atom is 0.270 e. The average molecular weight is 288 g/mol. The number of nitro groups is 1. The normalized spacial score (nSPS) is 21.6. The van der Waals surface area contributed by atoms with Gasteiger partial charge in [0.25, 0.3) is 5.69 Å². The highest BCUT2D eigenvalue weighted by Crippen LogP contribution is 2.28. The van der Waals surface area contributed by atoms with Gasteiger partial charge in [0.05, 0.1) is 16.5 Å². The predicted molar refractivity (Wildman–Crippen MR) is 78.0 cm³/mol. The molecule has 1 aromatic carbocycles. The summed E-state index contributed by atoms with van der Waals surface area (Å²) in [6.45, 7) is 0.607.